The quantitative estimate of drug-likeness (QED) is 0.389. The number of rotatable bonds is 8. The number of halogens is 1. The summed E-state index contributed by atoms with van der Waals surface area (Å²) in [6.07, 6.45) is 5.96. The lowest BCUT2D eigenvalue weighted by Crippen LogP contribution is -2.25. The second kappa shape index (κ2) is 10.3. The van der Waals surface area contributed by atoms with Crippen LogP contribution in [0, 0.1) is 19.8 Å². The summed E-state index contributed by atoms with van der Waals surface area (Å²) < 4.78 is 37.5. The van der Waals surface area contributed by atoms with E-state index in [1.165, 1.54) is 5.56 Å². The van der Waals surface area contributed by atoms with Gasteiger partial charge in [0.25, 0.3) is 10.1 Å². The van der Waals surface area contributed by atoms with Gasteiger partial charge in [-0.15, -0.1) is 0 Å². The first kappa shape index (κ1) is 23.3. The Balaban J connectivity index is 1.41. The molecule has 0 N–H and O–H groups in total. The monoisotopic (exact) mass is 494 g/mol. The molecule has 3 rings (SSSR count). The highest BCUT2D eigenvalue weighted by Crippen LogP contribution is 2.32. The Bertz CT molecular complexity index is 932. The van der Waals surface area contributed by atoms with Crippen molar-refractivity contribution in [3.05, 3.63) is 58.1 Å². The van der Waals surface area contributed by atoms with Crippen molar-refractivity contribution in [1.29, 1.82) is 0 Å². The van der Waals surface area contributed by atoms with Gasteiger partial charge in [0.1, 0.15) is 5.75 Å². The summed E-state index contributed by atoms with van der Waals surface area (Å²) in [5.74, 6) is 1.53. The lowest BCUT2D eigenvalue weighted by atomic mass is 9.84. The lowest BCUT2D eigenvalue weighted by molar-refractivity contribution is 0.121. The molecule has 1 fully saturated rings. The zero-order valence-electron chi connectivity index (χ0n) is 17.9. The molecule has 1 atom stereocenters. The van der Waals surface area contributed by atoms with Crippen molar-refractivity contribution in [1.82, 2.24) is 0 Å². The molecule has 0 aliphatic heterocycles. The van der Waals surface area contributed by atoms with Crippen molar-refractivity contribution in [2.75, 3.05) is 0 Å². The molecule has 164 valence electrons. The zero-order valence-corrected chi connectivity index (χ0v) is 20.3. The van der Waals surface area contributed by atoms with Gasteiger partial charge >= 0.3 is 0 Å². The number of hydrogen-bond acceptors (Lipinski definition) is 4. The summed E-state index contributed by atoms with van der Waals surface area (Å²) in [5, 5.41) is 0. The lowest BCUT2D eigenvalue weighted by Gasteiger charge is -2.29. The van der Waals surface area contributed by atoms with Crippen molar-refractivity contribution < 1.29 is 17.3 Å². The van der Waals surface area contributed by atoms with Crippen LogP contribution in [-0.4, -0.2) is 20.6 Å². The third-order valence-corrected chi connectivity index (χ3v) is 8.13. The molecule has 0 unspecified atom stereocenters. The molecular weight excluding hydrogens is 464 g/mol. The molecule has 1 aliphatic rings. The highest BCUT2D eigenvalue weighted by molar-refractivity contribution is 9.10. The number of ether oxygens (including phenoxy) is 1. The molecule has 0 aromatic heterocycles. The van der Waals surface area contributed by atoms with Crippen molar-refractivity contribution >= 4 is 26.0 Å². The zero-order chi connectivity index (χ0) is 21.7. The normalized spacial score (nSPS) is 20.7. The Hall–Kier alpha value is -1.37. The molecule has 30 heavy (non-hydrogen) atoms. The minimum Gasteiger partial charge on any atom is -0.490 e. The Labute approximate surface area is 189 Å². The minimum atomic E-state index is -3.70. The molecule has 0 spiro atoms. The predicted molar refractivity (Wildman–Crippen MR) is 123 cm³/mol. The molecule has 2 aromatic carbocycles. The van der Waals surface area contributed by atoms with Gasteiger partial charge in [0.15, 0.2) is 0 Å². The second-order valence-electron chi connectivity index (χ2n) is 8.42. The molecule has 0 radical (unpaired) electrons. The van der Waals surface area contributed by atoms with Crippen LogP contribution in [0.4, 0.5) is 0 Å². The van der Waals surface area contributed by atoms with Crippen molar-refractivity contribution in [3.63, 3.8) is 0 Å². The first-order chi connectivity index (χ1) is 14.2. The molecule has 0 heterocycles. The van der Waals surface area contributed by atoms with Crippen LogP contribution in [-0.2, 0) is 14.3 Å². The Kier molecular flexibility index (Phi) is 7.99. The molecule has 0 bridgehead atoms. The van der Waals surface area contributed by atoms with Crippen molar-refractivity contribution in [2.45, 2.75) is 76.4 Å². The van der Waals surface area contributed by atoms with Gasteiger partial charge in [0.05, 0.1) is 17.1 Å². The van der Waals surface area contributed by atoms with Crippen LogP contribution in [0.1, 0.15) is 56.6 Å². The van der Waals surface area contributed by atoms with Crippen LogP contribution in [0.5, 0.6) is 5.75 Å². The van der Waals surface area contributed by atoms with Gasteiger partial charge in [-0.3, -0.25) is 4.18 Å². The van der Waals surface area contributed by atoms with Gasteiger partial charge in [-0.25, -0.2) is 0 Å². The van der Waals surface area contributed by atoms with E-state index in [2.05, 4.69) is 28.9 Å². The molecule has 2 aromatic rings. The van der Waals surface area contributed by atoms with Gasteiger partial charge < -0.3 is 4.74 Å². The first-order valence-corrected chi connectivity index (χ1v) is 12.9. The average Bonchev–Trinajstić information content (AvgIpc) is 2.70. The van der Waals surface area contributed by atoms with E-state index in [4.69, 9.17) is 8.92 Å². The van der Waals surface area contributed by atoms with Crippen LogP contribution >= 0.6 is 15.9 Å². The number of benzene rings is 2. The maximum absolute atomic E-state index is 12.4. The summed E-state index contributed by atoms with van der Waals surface area (Å²) >= 11 is 3.52. The molecular formula is C24H31BrO4S. The van der Waals surface area contributed by atoms with Crippen molar-refractivity contribution in [3.8, 4) is 5.75 Å². The van der Waals surface area contributed by atoms with E-state index in [0.717, 1.165) is 54.3 Å². The second-order valence-corrected chi connectivity index (χ2v) is 10.8. The Morgan fingerprint density at radius 2 is 1.70 bits per heavy atom. The minimum absolute atomic E-state index is 0.223. The third-order valence-electron chi connectivity index (χ3n) is 5.81. The topological polar surface area (TPSA) is 52.6 Å². The highest BCUT2D eigenvalue weighted by Gasteiger charge is 2.24. The molecule has 0 saturated heterocycles. The van der Waals surface area contributed by atoms with Gasteiger partial charge in [-0.1, -0.05) is 33.6 Å². The molecule has 6 heteroatoms. The SMILES string of the molecule is Cc1ccc(S(=O)(=O)O[C@@H](C)CCC2CCC(Oc3ccc(Br)c(C)c3)CC2)cc1. The highest BCUT2D eigenvalue weighted by atomic mass is 79.9. The molecule has 0 amide bonds. The first-order valence-electron chi connectivity index (χ1n) is 10.7. The standard InChI is InChI=1S/C24H31BrO4S/c1-17-4-13-23(14-5-17)30(26,27)29-19(3)6-7-20-8-10-21(11-9-20)28-22-12-15-24(25)18(2)16-22/h4-5,12-16,19-21H,6-11H2,1-3H3/t19-,20?,21?/m0/s1. The Morgan fingerprint density at radius 1 is 1.03 bits per heavy atom. The van der Waals surface area contributed by atoms with E-state index in [1.54, 1.807) is 24.3 Å². The maximum atomic E-state index is 12.4. The molecule has 4 nitrogen and oxygen atoms in total. The fraction of sp³-hybridized carbons (Fsp3) is 0.500. The van der Waals surface area contributed by atoms with Crippen molar-refractivity contribution in [2.24, 2.45) is 5.92 Å². The van der Waals surface area contributed by atoms with E-state index in [1.807, 2.05) is 26.0 Å². The van der Waals surface area contributed by atoms with E-state index in [0.29, 0.717) is 5.92 Å². The largest absolute Gasteiger partial charge is 0.490 e. The predicted octanol–water partition coefficient (Wildman–Crippen LogP) is 6.58. The van der Waals surface area contributed by atoms with E-state index >= 15 is 0 Å². The average molecular weight is 495 g/mol. The van der Waals surface area contributed by atoms with Gasteiger partial charge in [-0.05, 0) is 101 Å². The van der Waals surface area contributed by atoms with E-state index in [9.17, 15) is 8.42 Å². The van der Waals surface area contributed by atoms with Gasteiger partial charge in [0, 0.05) is 4.47 Å². The summed E-state index contributed by atoms with van der Waals surface area (Å²) in [5.41, 5.74) is 2.20. The van der Waals surface area contributed by atoms with Crippen LogP contribution in [0.3, 0.4) is 0 Å². The van der Waals surface area contributed by atoms with Gasteiger partial charge in [-0.2, -0.15) is 8.42 Å². The van der Waals surface area contributed by atoms with Crippen LogP contribution in [0.15, 0.2) is 51.8 Å². The summed E-state index contributed by atoms with van der Waals surface area (Å²) in [7, 11) is -3.70. The summed E-state index contributed by atoms with van der Waals surface area (Å²) in [6.45, 7) is 5.84. The summed E-state index contributed by atoms with van der Waals surface area (Å²) in [4.78, 5) is 0.223. The molecule has 1 aliphatic carbocycles. The maximum Gasteiger partial charge on any atom is 0.297 e. The van der Waals surface area contributed by atoms with E-state index in [-0.39, 0.29) is 17.1 Å². The third kappa shape index (κ3) is 6.56. The fourth-order valence-corrected chi connectivity index (χ4v) is 5.27. The smallest absolute Gasteiger partial charge is 0.297 e. The summed E-state index contributed by atoms with van der Waals surface area (Å²) in [6, 6.07) is 12.9. The van der Waals surface area contributed by atoms with Crippen LogP contribution in [0.2, 0.25) is 0 Å². The number of hydrogen-bond donors (Lipinski definition) is 0. The number of aryl methyl sites for hydroxylation is 2. The van der Waals surface area contributed by atoms with Crippen LogP contribution < -0.4 is 4.74 Å². The van der Waals surface area contributed by atoms with Crippen LogP contribution in [0.25, 0.3) is 0 Å². The van der Waals surface area contributed by atoms with Gasteiger partial charge in [0.2, 0.25) is 0 Å². The van der Waals surface area contributed by atoms with E-state index < -0.39 is 10.1 Å². The molecule has 1 saturated carbocycles. The Morgan fingerprint density at radius 3 is 2.33 bits per heavy atom. The fourth-order valence-electron chi connectivity index (χ4n) is 3.92.